The van der Waals surface area contributed by atoms with Crippen molar-refractivity contribution in [3.05, 3.63) is 15.1 Å². The average Bonchev–Trinajstić information content (AvgIpc) is 2.05. The van der Waals surface area contributed by atoms with Crippen molar-refractivity contribution in [3.8, 4) is 0 Å². The first kappa shape index (κ1) is 8.87. The molecule has 0 N–H and O–H groups in total. The number of allylic oxidation sites excluding steroid dienone is 1. The molecule has 62 valence electrons. The minimum atomic E-state index is 0.0384. The number of rotatable bonds is 2. The van der Waals surface area contributed by atoms with Gasteiger partial charge < -0.3 is 4.74 Å². The molecule has 0 amide bonds. The summed E-state index contributed by atoms with van der Waals surface area (Å²) in [6.45, 7) is 0. The van der Waals surface area contributed by atoms with Crippen molar-refractivity contribution in [1.82, 2.24) is 0 Å². The Kier molecular flexibility index (Phi) is 3.20. The third kappa shape index (κ3) is 1.87. The van der Waals surface area contributed by atoms with E-state index in [1.807, 2.05) is 0 Å². The molecule has 3 nitrogen and oxygen atoms in total. The van der Waals surface area contributed by atoms with Crippen molar-refractivity contribution < 1.29 is 4.74 Å². The van der Waals surface area contributed by atoms with Gasteiger partial charge in [0, 0.05) is 11.6 Å². The monoisotopic (exact) mass is 219 g/mol. The minimum Gasteiger partial charge on any atom is -0.376 e. The van der Waals surface area contributed by atoms with Gasteiger partial charge in [-0.1, -0.05) is 15.9 Å². The van der Waals surface area contributed by atoms with E-state index < -0.39 is 0 Å². The van der Waals surface area contributed by atoms with Gasteiger partial charge in [-0.2, -0.15) is 0 Å². The lowest BCUT2D eigenvalue weighted by Gasteiger charge is -2.20. The van der Waals surface area contributed by atoms with E-state index in [0.717, 1.165) is 23.7 Å². The third-order valence-corrected chi connectivity index (χ3v) is 2.80. The molecule has 0 saturated heterocycles. The summed E-state index contributed by atoms with van der Waals surface area (Å²) in [7, 11) is 1.64. The van der Waals surface area contributed by atoms with Crippen molar-refractivity contribution in [2.24, 2.45) is 5.18 Å². The first-order valence-electron chi connectivity index (χ1n) is 3.54. The molecule has 1 rings (SSSR count). The van der Waals surface area contributed by atoms with Crippen LogP contribution in [0.4, 0.5) is 0 Å². The number of hydrogen-bond donors (Lipinski definition) is 0. The van der Waals surface area contributed by atoms with Gasteiger partial charge in [-0.15, -0.1) is 4.91 Å². The zero-order chi connectivity index (χ0) is 8.27. The minimum absolute atomic E-state index is 0.0384. The van der Waals surface area contributed by atoms with Gasteiger partial charge in [0.2, 0.25) is 0 Å². The van der Waals surface area contributed by atoms with Crippen LogP contribution >= 0.6 is 15.9 Å². The number of halogens is 1. The van der Waals surface area contributed by atoms with E-state index in [4.69, 9.17) is 4.74 Å². The quantitative estimate of drug-likeness (QED) is 0.670. The summed E-state index contributed by atoms with van der Waals surface area (Å²) in [6, 6.07) is 0. The highest BCUT2D eigenvalue weighted by atomic mass is 79.9. The molecule has 1 unspecified atom stereocenters. The van der Waals surface area contributed by atoms with E-state index in [1.165, 1.54) is 0 Å². The first-order valence-corrected chi connectivity index (χ1v) is 4.33. The second-order valence-electron chi connectivity index (χ2n) is 2.50. The Balaban J connectivity index is 2.79. The van der Waals surface area contributed by atoms with Gasteiger partial charge in [-0.3, -0.25) is 0 Å². The standard InChI is InChI=1S/C7H10BrNO2/c1-11-6-4-2-3-5(9-10)7(6)8/h6H,2-4H2,1H3. The lowest BCUT2D eigenvalue weighted by molar-refractivity contribution is 0.124. The molecule has 0 saturated carbocycles. The highest BCUT2D eigenvalue weighted by Gasteiger charge is 2.21. The first-order chi connectivity index (χ1) is 5.29. The fraction of sp³-hybridized carbons (Fsp3) is 0.714. The van der Waals surface area contributed by atoms with E-state index in [9.17, 15) is 4.91 Å². The van der Waals surface area contributed by atoms with E-state index in [0.29, 0.717) is 5.70 Å². The van der Waals surface area contributed by atoms with Crippen LogP contribution in [0.15, 0.2) is 15.4 Å². The zero-order valence-electron chi connectivity index (χ0n) is 6.34. The molecule has 11 heavy (non-hydrogen) atoms. The molecule has 1 aliphatic carbocycles. The largest absolute Gasteiger partial charge is 0.376 e. The summed E-state index contributed by atoms with van der Waals surface area (Å²) in [5.74, 6) is 0. The van der Waals surface area contributed by atoms with E-state index in [2.05, 4.69) is 21.1 Å². The Morgan fingerprint density at radius 3 is 3.00 bits per heavy atom. The Labute approximate surface area is 73.9 Å². The maximum absolute atomic E-state index is 10.2. The van der Waals surface area contributed by atoms with E-state index in [1.54, 1.807) is 7.11 Å². The van der Waals surface area contributed by atoms with Crippen molar-refractivity contribution in [2.45, 2.75) is 25.4 Å². The van der Waals surface area contributed by atoms with Crippen LogP contribution in [0.3, 0.4) is 0 Å². The Bertz CT molecular complexity index is 191. The summed E-state index contributed by atoms with van der Waals surface area (Å²) in [4.78, 5) is 10.2. The van der Waals surface area contributed by atoms with Gasteiger partial charge >= 0.3 is 0 Å². The Hall–Kier alpha value is -0.220. The van der Waals surface area contributed by atoms with Crippen molar-refractivity contribution in [1.29, 1.82) is 0 Å². The van der Waals surface area contributed by atoms with Crippen LogP contribution in [-0.2, 0) is 4.74 Å². The topological polar surface area (TPSA) is 38.7 Å². The third-order valence-electron chi connectivity index (χ3n) is 1.83. The van der Waals surface area contributed by atoms with E-state index >= 15 is 0 Å². The zero-order valence-corrected chi connectivity index (χ0v) is 7.93. The normalized spacial score (nSPS) is 25.5. The van der Waals surface area contributed by atoms with Gasteiger partial charge in [0.1, 0.15) is 0 Å². The van der Waals surface area contributed by atoms with Crippen LogP contribution in [0.1, 0.15) is 19.3 Å². The summed E-state index contributed by atoms with van der Waals surface area (Å²) < 4.78 is 5.95. The molecule has 1 aliphatic rings. The second-order valence-corrected chi connectivity index (χ2v) is 3.36. The van der Waals surface area contributed by atoms with Gasteiger partial charge in [0.05, 0.1) is 11.8 Å². The predicted molar refractivity (Wildman–Crippen MR) is 46.4 cm³/mol. The molecule has 0 fully saturated rings. The number of nitrogens with zero attached hydrogens (tertiary/aromatic N) is 1. The number of hydrogen-bond acceptors (Lipinski definition) is 3. The predicted octanol–water partition coefficient (Wildman–Crippen LogP) is 2.56. The molecular formula is C7H10BrNO2. The van der Waals surface area contributed by atoms with Crippen LogP contribution in [0, 0.1) is 4.91 Å². The SMILES string of the molecule is COC1CCCC(N=O)=C1Br. The molecule has 4 heteroatoms. The van der Waals surface area contributed by atoms with Crippen molar-refractivity contribution >= 4 is 15.9 Å². The average molecular weight is 220 g/mol. The van der Waals surface area contributed by atoms with Crippen LogP contribution in [0.5, 0.6) is 0 Å². The molecule has 0 aliphatic heterocycles. The van der Waals surface area contributed by atoms with Gasteiger partial charge in [-0.25, -0.2) is 0 Å². The molecular weight excluding hydrogens is 210 g/mol. The highest BCUT2D eigenvalue weighted by Crippen LogP contribution is 2.31. The maximum Gasteiger partial charge on any atom is 0.0976 e. The Morgan fingerprint density at radius 1 is 1.73 bits per heavy atom. The van der Waals surface area contributed by atoms with Gasteiger partial charge in [0.25, 0.3) is 0 Å². The molecule has 0 spiro atoms. The molecule has 0 aromatic heterocycles. The van der Waals surface area contributed by atoms with E-state index in [-0.39, 0.29) is 6.10 Å². The molecule has 0 radical (unpaired) electrons. The fourth-order valence-corrected chi connectivity index (χ4v) is 1.88. The summed E-state index contributed by atoms with van der Waals surface area (Å²) in [5.41, 5.74) is 0.600. The number of ether oxygens (including phenoxy) is 1. The maximum atomic E-state index is 10.2. The number of nitroso groups, excluding NO2 is 1. The van der Waals surface area contributed by atoms with Crippen LogP contribution in [-0.4, -0.2) is 13.2 Å². The molecule has 1 atom stereocenters. The fourth-order valence-electron chi connectivity index (χ4n) is 1.20. The lowest BCUT2D eigenvalue weighted by atomic mass is 10.0. The Morgan fingerprint density at radius 2 is 2.45 bits per heavy atom. The number of methoxy groups -OCH3 is 1. The molecule has 0 heterocycles. The van der Waals surface area contributed by atoms with Gasteiger partial charge in [0.15, 0.2) is 0 Å². The van der Waals surface area contributed by atoms with Crippen molar-refractivity contribution in [2.75, 3.05) is 7.11 Å². The van der Waals surface area contributed by atoms with Crippen molar-refractivity contribution in [3.63, 3.8) is 0 Å². The lowest BCUT2D eigenvalue weighted by Crippen LogP contribution is -2.15. The molecule has 0 aromatic carbocycles. The smallest absolute Gasteiger partial charge is 0.0976 e. The highest BCUT2D eigenvalue weighted by molar-refractivity contribution is 9.11. The second kappa shape index (κ2) is 3.97. The molecule has 0 aromatic rings. The summed E-state index contributed by atoms with van der Waals surface area (Å²) >= 11 is 3.30. The summed E-state index contributed by atoms with van der Waals surface area (Å²) in [5, 5.41) is 2.93. The van der Waals surface area contributed by atoms with Crippen LogP contribution < -0.4 is 0 Å². The molecule has 0 bridgehead atoms. The van der Waals surface area contributed by atoms with Gasteiger partial charge in [-0.05, 0) is 24.4 Å². The summed E-state index contributed by atoms with van der Waals surface area (Å²) in [6.07, 6.45) is 2.76. The van der Waals surface area contributed by atoms with Crippen LogP contribution in [0.25, 0.3) is 0 Å². The van der Waals surface area contributed by atoms with Crippen LogP contribution in [0.2, 0.25) is 0 Å².